The molecule has 0 saturated carbocycles. The summed E-state index contributed by atoms with van der Waals surface area (Å²) in [4.78, 5) is 11.9. The number of hydrogen-bond donors (Lipinski definition) is 2. The fraction of sp³-hybridized carbons (Fsp3) is 0.533. The number of nitrogen functional groups attached to an aromatic ring is 1. The number of nitrogens with two attached hydrogens (primary N) is 1. The second-order valence-corrected chi connectivity index (χ2v) is 5.17. The van der Waals surface area contributed by atoms with Gasteiger partial charge in [0.2, 0.25) is 5.91 Å². The molecule has 1 amide bonds. The first-order valence-electron chi connectivity index (χ1n) is 6.93. The number of benzene rings is 1. The van der Waals surface area contributed by atoms with Gasteiger partial charge in [0.25, 0.3) is 0 Å². The molecule has 1 atom stereocenters. The second-order valence-electron chi connectivity index (χ2n) is 5.17. The molecule has 1 fully saturated rings. The van der Waals surface area contributed by atoms with Gasteiger partial charge >= 0.3 is 0 Å². The van der Waals surface area contributed by atoms with Crippen LogP contribution in [0.25, 0.3) is 0 Å². The van der Waals surface area contributed by atoms with Crippen molar-refractivity contribution >= 4 is 17.3 Å². The van der Waals surface area contributed by atoms with E-state index in [1.165, 1.54) is 6.42 Å². The molecule has 1 aromatic carbocycles. The van der Waals surface area contributed by atoms with Crippen molar-refractivity contribution in [1.82, 2.24) is 0 Å². The van der Waals surface area contributed by atoms with E-state index in [1.54, 1.807) is 0 Å². The van der Waals surface area contributed by atoms with E-state index in [4.69, 9.17) is 10.5 Å². The largest absolute Gasteiger partial charge is 0.397 e. The highest BCUT2D eigenvalue weighted by Gasteiger charge is 2.15. The van der Waals surface area contributed by atoms with Crippen LogP contribution in [0.15, 0.2) is 18.2 Å². The summed E-state index contributed by atoms with van der Waals surface area (Å²) in [6.07, 6.45) is 4.94. The molecule has 2 rings (SSSR count). The third kappa shape index (κ3) is 4.24. The predicted molar refractivity (Wildman–Crippen MR) is 77.0 cm³/mol. The number of ether oxygens (including phenoxy) is 1. The van der Waals surface area contributed by atoms with Gasteiger partial charge in [0.05, 0.1) is 17.5 Å². The van der Waals surface area contributed by atoms with E-state index in [0.717, 1.165) is 31.4 Å². The molecule has 1 aliphatic rings. The van der Waals surface area contributed by atoms with Crippen LogP contribution in [-0.2, 0) is 9.53 Å². The van der Waals surface area contributed by atoms with Gasteiger partial charge in [-0.15, -0.1) is 0 Å². The van der Waals surface area contributed by atoms with Crippen molar-refractivity contribution in [3.8, 4) is 0 Å². The number of nitrogens with one attached hydrogen (secondary N) is 1. The molecular formula is C15H22N2O2. The molecule has 0 aliphatic carbocycles. The van der Waals surface area contributed by atoms with Crippen LogP contribution in [0.5, 0.6) is 0 Å². The Morgan fingerprint density at radius 3 is 3.00 bits per heavy atom. The van der Waals surface area contributed by atoms with Gasteiger partial charge in [-0.2, -0.15) is 0 Å². The lowest BCUT2D eigenvalue weighted by molar-refractivity contribution is -0.117. The number of carbonyl (C=O) groups excluding carboxylic acids is 1. The minimum atomic E-state index is 0.00438. The van der Waals surface area contributed by atoms with E-state index in [1.807, 2.05) is 25.1 Å². The van der Waals surface area contributed by atoms with Gasteiger partial charge in [-0.25, -0.2) is 0 Å². The minimum Gasteiger partial charge on any atom is -0.397 e. The van der Waals surface area contributed by atoms with E-state index in [2.05, 4.69) is 5.32 Å². The molecule has 1 unspecified atom stereocenters. The summed E-state index contributed by atoms with van der Waals surface area (Å²) in [6.45, 7) is 2.81. The van der Waals surface area contributed by atoms with Gasteiger partial charge in [-0.05, 0) is 50.3 Å². The van der Waals surface area contributed by atoms with Crippen molar-refractivity contribution in [2.75, 3.05) is 17.7 Å². The van der Waals surface area contributed by atoms with Crippen molar-refractivity contribution in [3.63, 3.8) is 0 Å². The summed E-state index contributed by atoms with van der Waals surface area (Å²) in [5.41, 5.74) is 8.27. The molecule has 3 N–H and O–H groups in total. The van der Waals surface area contributed by atoms with Crippen LogP contribution < -0.4 is 11.1 Å². The van der Waals surface area contributed by atoms with Crippen molar-refractivity contribution in [2.45, 2.75) is 45.1 Å². The number of hydrogen-bond acceptors (Lipinski definition) is 3. The molecule has 1 saturated heterocycles. The molecule has 19 heavy (non-hydrogen) atoms. The number of carbonyl (C=O) groups is 1. The van der Waals surface area contributed by atoms with Crippen LogP contribution >= 0.6 is 0 Å². The summed E-state index contributed by atoms with van der Waals surface area (Å²) in [6, 6.07) is 5.65. The highest BCUT2D eigenvalue weighted by Crippen LogP contribution is 2.21. The molecule has 0 aromatic heterocycles. The topological polar surface area (TPSA) is 64.3 Å². The molecule has 104 valence electrons. The van der Waals surface area contributed by atoms with Crippen LogP contribution in [0, 0.1) is 6.92 Å². The maximum absolute atomic E-state index is 11.9. The van der Waals surface area contributed by atoms with E-state index in [9.17, 15) is 4.79 Å². The van der Waals surface area contributed by atoms with E-state index >= 15 is 0 Å². The normalized spacial score (nSPS) is 19.1. The predicted octanol–water partition coefficient (Wildman–Crippen LogP) is 2.87. The van der Waals surface area contributed by atoms with Crippen molar-refractivity contribution < 1.29 is 9.53 Å². The van der Waals surface area contributed by atoms with E-state index < -0.39 is 0 Å². The smallest absolute Gasteiger partial charge is 0.224 e. The lowest BCUT2D eigenvalue weighted by atomic mass is 10.0. The molecule has 4 nitrogen and oxygen atoms in total. The average Bonchev–Trinajstić information content (AvgIpc) is 2.41. The third-order valence-electron chi connectivity index (χ3n) is 3.45. The number of rotatable bonds is 4. The molecule has 1 heterocycles. The Kier molecular flexibility index (Phi) is 4.80. The maximum atomic E-state index is 11.9. The number of aryl methyl sites for hydroxylation is 1. The van der Waals surface area contributed by atoms with Gasteiger partial charge < -0.3 is 15.8 Å². The van der Waals surface area contributed by atoms with Crippen molar-refractivity contribution in [3.05, 3.63) is 23.8 Å². The first-order chi connectivity index (χ1) is 9.15. The van der Waals surface area contributed by atoms with Crippen LogP contribution in [0.2, 0.25) is 0 Å². The van der Waals surface area contributed by atoms with Gasteiger partial charge in [-0.1, -0.05) is 6.07 Å². The summed E-state index contributed by atoms with van der Waals surface area (Å²) >= 11 is 0. The monoisotopic (exact) mass is 262 g/mol. The SMILES string of the molecule is Cc1ccc(NC(=O)CCC2CCCCO2)c(N)c1. The number of anilines is 2. The highest BCUT2D eigenvalue weighted by molar-refractivity contribution is 5.93. The zero-order chi connectivity index (χ0) is 13.7. The van der Waals surface area contributed by atoms with Crippen molar-refractivity contribution in [2.24, 2.45) is 0 Å². The third-order valence-corrected chi connectivity index (χ3v) is 3.45. The summed E-state index contributed by atoms with van der Waals surface area (Å²) < 4.78 is 5.61. The standard InChI is InChI=1S/C15H22N2O2/c1-11-5-7-14(13(16)10-11)17-15(18)8-6-12-4-2-3-9-19-12/h5,7,10,12H,2-4,6,8-9,16H2,1H3,(H,17,18). The Morgan fingerprint density at radius 1 is 1.47 bits per heavy atom. The van der Waals surface area contributed by atoms with Gasteiger partial charge in [-0.3, -0.25) is 4.79 Å². The molecule has 1 aromatic rings. The summed E-state index contributed by atoms with van der Waals surface area (Å²) in [7, 11) is 0. The maximum Gasteiger partial charge on any atom is 0.224 e. The molecule has 0 spiro atoms. The van der Waals surface area contributed by atoms with Gasteiger partial charge in [0, 0.05) is 13.0 Å². The molecule has 4 heteroatoms. The van der Waals surface area contributed by atoms with E-state index in [0.29, 0.717) is 17.8 Å². The average molecular weight is 262 g/mol. The van der Waals surface area contributed by atoms with Crippen LogP contribution in [-0.4, -0.2) is 18.6 Å². The lowest BCUT2D eigenvalue weighted by Crippen LogP contribution is -2.22. The molecular weight excluding hydrogens is 240 g/mol. The lowest BCUT2D eigenvalue weighted by Gasteiger charge is -2.22. The fourth-order valence-corrected chi connectivity index (χ4v) is 2.34. The van der Waals surface area contributed by atoms with E-state index in [-0.39, 0.29) is 12.0 Å². The highest BCUT2D eigenvalue weighted by atomic mass is 16.5. The first-order valence-corrected chi connectivity index (χ1v) is 6.93. The van der Waals surface area contributed by atoms with Crippen LogP contribution in [0.4, 0.5) is 11.4 Å². The fourth-order valence-electron chi connectivity index (χ4n) is 2.34. The Labute approximate surface area is 114 Å². The Bertz CT molecular complexity index is 440. The summed E-state index contributed by atoms with van der Waals surface area (Å²) in [5.74, 6) is 0.00438. The summed E-state index contributed by atoms with van der Waals surface area (Å²) in [5, 5.41) is 2.86. The van der Waals surface area contributed by atoms with Gasteiger partial charge in [0.15, 0.2) is 0 Å². The van der Waals surface area contributed by atoms with Crippen LogP contribution in [0.1, 0.15) is 37.7 Å². The molecule has 0 bridgehead atoms. The Hall–Kier alpha value is -1.55. The second kappa shape index (κ2) is 6.57. The minimum absolute atomic E-state index is 0.00438. The molecule has 0 radical (unpaired) electrons. The zero-order valence-corrected chi connectivity index (χ0v) is 11.4. The Balaban J connectivity index is 1.80. The molecule has 1 aliphatic heterocycles. The quantitative estimate of drug-likeness (QED) is 0.820. The number of amides is 1. The first kappa shape index (κ1) is 13.9. The van der Waals surface area contributed by atoms with Gasteiger partial charge in [0.1, 0.15) is 0 Å². The van der Waals surface area contributed by atoms with Crippen molar-refractivity contribution in [1.29, 1.82) is 0 Å². The zero-order valence-electron chi connectivity index (χ0n) is 11.4. The Morgan fingerprint density at radius 2 is 2.32 bits per heavy atom. The van der Waals surface area contributed by atoms with Crippen LogP contribution in [0.3, 0.4) is 0 Å².